The highest BCUT2D eigenvalue weighted by atomic mass is 35.5. The van der Waals surface area contributed by atoms with Crippen LogP contribution in [0.3, 0.4) is 0 Å². The van der Waals surface area contributed by atoms with Crippen molar-refractivity contribution in [2.24, 2.45) is 5.73 Å². The van der Waals surface area contributed by atoms with Gasteiger partial charge in [0.15, 0.2) is 0 Å². The van der Waals surface area contributed by atoms with E-state index >= 15 is 0 Å². The lowest BCUT2D eigenvalue weighted by Gasteiger charge is -2.26. The Morgan fingerprint density at radius 1 is 1.24 bits per heavy atom. The number of halogens is 1. The first-order chi connectivity index (χ1) is 14.0. The zero-order valence-corrected chi connectivity index (χ0v) is 16.7. The van der Waals surface area contributed by atoms with E-state index in [1.807, 2.05) is 12.1 Å². The van der Waals surface area contributed by atoms with Crippen molar-refractivity contribution in [3.8, 4) is 17.6 Å². The normalized spacial score (nSPS) is 16.1. The highest BCUT2D eigenvalue weighted by Crippen LogP contribution is 2.40. The topological polar surface area (TPSA) is 94.6 Å². The van der Waals surface area contributed by atoms with Gasteiger partial charge in [0.1, 0.15) is 28.9 Å². The van der Waals surface area contributed by atoms with E-state index in [9.17, 15) is 10.1 Å². The van der Waals surface area contributed by atoms with Crippen LogP contribution in [-0.4, -0.2) is 12.6 Å². The van der Waals surface area contributed by atoms with Crippen molar-refractivity contribution in [2.75, 3.05) is 6.61 Å². The Hall–Kier alpha value is -3.43. The Morgan fingerprint density at radius 3 is 2.55 bits per heavy atom. The molecule has 1 unspecified atom stereocenters. The van der Waals surface area contributed by atoms with E-state index in [2.05, 4.69) is 6.07 Å². The Bertz CT molecular complexity index is 1040. The molecule has 0 aromatic heterocycles. The highest BCUT2D eigenvalue weighted by molar-refractivity contribution is 6.32. The van der Waals surface area contributed by atoms with Gasteiger partial charge >= 0.3 is 5.97 Å². The number of benzene rings is 2. The van der Waals surface area contributed by atoms with Crippen molar-refractivity contribution in [3.63, 3.8) is 0 Å². The lowest BCUT2D eigenvalue weighted by atomic mass is 9.83. The van der Waals surface area contributed by atoms with Crippen LogP contribution < -0.4 is 10.5 Å². The Kier molecular flexibility index (Phi) is 6.10. The third kappa shape index (κ3) is 4.20. The molecule has 0 amide bonds. The maximum Gasteiger partial charge on any atom is 0.338 e. The predicted octanol–water partition coefficient (Wildman–Crippen LogP) is 4.78. The summed E-state index contributed by atoms with van der Waals surface area (Å²) in [6.07, 6.45) is 0. The van der Waals surface area contributed by atoms with Gasteiger partial charge in [0.2, 0.25) is 5.88 Å². The van der Waals surface area contributed by atoms with Gasteiger partial charge in [-0.25, -0.2) is 4.79 Å². The molecule has 3 rings (SSSR count). The second kappa shape index (κ2) is 8.72. The number of para-hydroxylation sites is 1. The molecule has 0 saturated carbocycles. The van der Waals surface area contributed by atoms with Crippen LogP contribution in [0.5, 0.6) is 11.5 Å². The lowest BCUT2D eigenvalue weighted by Crippen LogP contribution is -2.25. The summed E-state index contributed by atoms with van der Waals surface area (Å²) in [6.45, 7) is 3.53. The molecule has 1 aliphatic rings. The molecule has 1 atom stereocenters. The second-order valence-electron chi connectivity index (χ2n) is 6.22. The van der Waals surface area contributed by atoms with Crippen molar-refractivity contribution in [2.45, 2.75) is 19.8 Å². The fourth-order valence-electron chi connectivity index (χ4n) is 3.07. The third-order valence-electron chi connectivity index (χ3n) is 4.38. The number of ether oxygens (including phenoxy) is 3. The Morgan fingerprint density at radius 2 is 1.93 bits per heavy atom. The van der Waals surface area contributed by atoms with Crippen LogP contribution in [0.15, 0.2) is 71.3 Å². The Labute approximate surface area is 173 Å². The largest absolute Gasteiger partial charge is 0.463 e. The number of nitriles is 1. The molecule has 0 aliphatic carbocycles. The number of nitrogens with two attached hydrogens (primary N) is 1. The van der Waals surface area contributed by atoms with Gasteiger partial charge in [-0.15, -0.1) is 0 Å². The summed E-state index contributed by atoms with van der Waals surface area (Å²) in [4.78, 5) is 12.5. The summed E-state index contributed by atoms with van der Waals surface area (Å²) in [5.74, 6) is 0.120. The second-order valence-corrected chi connectivity index (χ2v) is 6.62. The van der Waals surface area contributed by atoms with Gasteiger partial charge in [0.25, 0.3) is 0 Å². The lowest BCUT2D eigenvalue weighted by molar-refractivity contribution is -0.139. The number of carbonyl (C=O) groups excluding carboxylic acids is 1. The van der Waals surface area contributed by atoms with Crippen LogP contribution in [0.4, 0.5) is 0 Å². The molecule has 0 bridgehead atoms. The first-order valence-electron chi connectivity index (χ1n) is 8.94. The van der Waals surface area contributed by atoms with Crippen LogP contribution >= 0.6 is 11.6 Å². The average Bonchev–Trinajstić information content (AvgIpc) is 2.70. The summed E-state index contributed by atoms with van der Waals surface area (Å²) in [7, 11) is 0. The van der Waals surface area contributed by atoms with E-state index in [-0.39, 0.29) is 23.6 Å². The van der Waals surface area contributed by atoms with Crippen LogP contribution in [0, 0.1) is 11.3 Å². The number of nitrogens with zero attached hydrogens (tertiary/aromatic N) is 1. The fraction of sp³-hybridized carbons (Fsp3) is 0.182. The molecule has 2 aromatic rings. The summed E-state index contributed by atoms with van der Waals surface area (Å²) < 4.78 is 16.4. The molecule has 2 aromatic carbocycles. The molecule has 29 heavy (non-hydrogen) atoms. The number of hydrogen-bond acceptors (Lipinski definition) is 6. The molecule has 1 aliphatic heterocycles. The number of rotatable bonds is 5. The highest BCUT2D eigenvalue weighted by Gasteiger charge is 2.36. The van der Waals surface area contributed by atoms with E-state index in [1.165, 1.54) is 0 Å². The first-order valence-corrected chi connectivity index (χ1v) is 9.31. The van der Waals surface area contributed by atoms with Crippen molar-refractivity contribution in [1.82, 2.24) is 0 Å². The van der Waals surface area contributed by atoms with E-state index in [0.717, 1.165) is 0 Å². The van der Waals surface area contributed by atoms with Crippen LogP contribution in [0.1, 0.15) is 25.3 Å². The first kappa shape index (κ1) is 20.3. The van der Waals surface area contributed by atoms with E-state index in [1.54, 1.807) is 50.2 Å². The molecule has 0 saturated heterocycles. The van der Waals surface area contributed by atoms with Gasteiger partial charge < -0.3 is 19.9 Å². The van der Waals surface area contributed by atoms with Gasteiger partial charge in [-0.3, -0.25) is 0 Å². The van der Waals surface area contributed by atoms with E-state index in [0.29, 0.717) is 27.8 Å². The quantitative estimate of drug-likeness (QED) is 0.713. The van der Waals surface area contributed by atoms with Crippen molar-refractivity contribution >= 4 is 17.6 Å². The maximum atomic E-state index is 12.5. The number of allylic oxidation sites excluding steroid dienone is 2. The third-order valence-corrected chi connectivity index (χ3v) is 4.69. The fourth-order valence-corrected chi connectivity index (χ4v) is 3.25. The summed E-state index contributed by atoms with van der Waals surface area (Å²) in [6, 6.07) is 16.2. The number of carbonyl (C=O) groups is 1. The van der Waals surface area contributed by atoms with Crippen molar-refractivity contribution in [1.29, 1.82) is 5.26 Å². The molecule has 2 N–H and O–H groups in total. The van der Waals surface area contributed by atoms with Crippen molar-refractivity contribution in [3.05, 3.63) is 81.9 Å². The molecule has 0 spiro atoms. The summed E-state index contributed by atoms with van der Waals surface area (Å²) in [5, 5.41) is 10.1. The molecule has 6 nitrogen and oxygen atoms in total. The molecule has 148 valence electrons. The summed E-state index contributed by atoms with van der Waals surface area (Å²) >= 11 is 6.13. The zero-order chi connectivity index (χ0) is 21.0. The van der Waals surface area contributed by atoms with Gasteiger partial charge in [0, 0.05) is 0 Å². The minimum absolute atomic E-state index is 0.0283. The van der Waals surface area contributed by atoms with Crippen LogP contribution in [0.2, 0.25) is 5.02 Å². The number of esters is 1. The minimum atomic E-state index is -0.692. The smallest absolute Gasteiger partial charge is 0.338 e. The maximum absolute atomic E-state index is 12.5. The SMILES string of the molecule is CCOC(=O)C1=C(C)OC(N)=C(C#N)C1c1ccc(Oc2ccccc2Cl)cc1. The van der Waals surface area contributed by atoms with E-state index < -0.39 is 11.9 Å². The molecular weight excluding hydrogens is 392 g/mol. The standard InChI is InChI=1S/C22H19ClN2O4/c1-3-27-22(26)19-13(2)28-21(25)16(12-24)20(19)14-8-10-15(11-9-14)29-18-7-5-4-6-17(18)23/h4-11,20H,3,25H2,1-2H3. The van der Waals surface area contributed by atoms with Gasteiger partial charge in [-0.05, 0) is 43.7 Å². The number of hydrogen-bond donors (Lipinski definition) is 1. The van der Waals surface area contributed by atoms with Gasteiger partial charge in [-0.1, -0.05) is 35.9 Å². The van der Waals surface area contributed by atoms with Gasteiger partial charge in [-0.2, -0.15) is 5.26 Å². The average molecular weight is 411 g/mol. The molecule has 7 heteroatoms. The predicted molar refractivity (Wildman–Crippen MR) is 108 cm³/mol. The monoisotopic (exact) mass is 410 g/mol. The molecule has 1 heterocycles. The van der Waals surface area contributed by atoms with Crippen molar-refractivity contribution < 1.29 is 19.0 Å². The molecule has 0 fully saturated rings. The summed E-state index contributed by atoms with van der Waals surface area (Å²) in [5.41, 5.74) is 6.98. The molecule has 0 radical (unpaired) electrons. The Balaban J connectivity index is 1.97. The molecular formula is C22H19ClN2O4. The zero-order valence-electron chi connectivity index (χ0n) is 15.9. The van der Waals surface area contributed by atoms with E-state index in [4.69, 9.17) is 31.5 Å². The van der Waals surface area contributed by atoms with Crippen LogP contribution in [-0.2, 0) is 14.3 Å². The van der Waals surface area contributed by atoms with Crippen LogP contribution in [0.25, 0.3) is 0 Å². The minimum Gasteiger partial charge on any atom is -0.463 e. The van der Waals surface area contributed by atoms with Gasteiger partial charge in [0.05, 0.1) is 23.1 Å².